The Balaban J connectivity index is 1.48. The molecule has 9 heteroatoms. The van der Waals surface area contributed by atoms with Gasteiger partial charge < -0.3 is 4.74 Å². The van der Waals surface area contributed by atoms with E-state index in [0.29, 0.717) is 23.8 Å². The molecule has 0 bridgehead atoms. The molecule has 168 valence electrons. The third kappa shape index (κ3) is 4.75. The fourth-order valence-electron chi connectivity index (χ4n) is 3.73. The number of anilines is 1. The lowest BCUT2D eigenvalue weighted by atomic mass is 10.2. The van der Waals surface area contributed by atoms with Gasteiger partial charge in [-0.1, -0.05) is 41.7 Å². The lowest BCUT2D eigenvalue weighted by Crippen LogP contribution is -2.48. The molecule has 0 saturated carbocycles. The van der Waals surface area contributed by atoms with E-state index in [9.17, 15) is 13.2 Å². The number of sulfonamides is 1. The van der Waals surface area contributed by atoms with Crippen molar-refractivity contribution >= 4 is 32.4 Å². The lowest BCUT2D eigenvalue weighted by Gasteiger charge is -2.34. The van der Waals surface area contributed by atoms with Crippen molar-refractivity contribution < 1.29 is 17.9 Å². The SMILES string of the molecule is Cc1nc(NC(=O)c2ccc(S(=O)(=O)N3CC(C)OC(C)C3)cc2)sc1-c1ccccc1. The van der Waals surface area contributed by atoms with Gasteiger partial charge in [0.05, 0.1) is 27.7 Å². The van der Waals surface area contributed by atoms with Crippen LogP contribution in [0.2, 0.25) is 0 Å². The number of amides is 1. The molecule has 32 heavy (non-hydrogen) atoms. The number of ether oxygens (including phenoxy) is 1. The van der Waals surface area contributed by atoms with Crippen molar-refractivity contribution in [3.63, 3.8) is 0 Å². The Kier molecular flexibility index (Phi) is 6.43. The van der Waals surface area contributed by atoms with Crippen LogP contribution in [-0.4, -0.2) is 48.9 Å². The summed E-state index contributed by atoms with van der Waals surface area (Å²) >= 11 is 1.40. The summed E-state index contributed by atoms with van der Waals surface area (Å²) in [6, 6.07) is 15.9. The van der Waals surface area contributed by atoms with Gasteiger partial charge in [0.25, 0.3) is 5.91 Å². The minimum Gasteiger partial charge on any atom is -0.373 e. The van der Waals surface area contributed by atoms with Crippen LogP contribution in [0.5, 0.6) is 0 Å². The van der Waals surface area contributed by atoms with Crippen LogP contribution in [0, 0.1) is 6.92 Å². The Morgan fingerprint density at radius 2 is 1.69 bits per heavy atom. The molecule has 2 heterocycles. The summed E-state index contributed by atoms with van der Waals surface area (Å²) in [7, 11) is -3.65. The van der Waals surface area contributed by atoms with Crippen LogP contribution in [0.15, 0.2) is 59.5 Å². The van der Waals surface area contributed by atoms with Crippen molar-refractivity contribution in [1.82, 2.24) is 9.29 Å². The summed E-state index contributed by atoms with van der Waals surface area (Å²) < 4.78 is 33.0. The molecule has 2 atom stereocenters. The van der Waals surface area contributed by atoms with E-state index in [1.54, 1.807) is 0 Å². The molecule has 7 nitrogen and oxygen atoms in total. The number of benzene rings is 2. The van der Waals surface area contributed by atoms with Gasteiger partial charge in [0.1, 0.15) is 0 Å². The molecular weight excluding hydrogens is 446 g/mol. The standard InChI is InChI=1S/C23H25N3O4S2/c1-15-13-26(14-16(2)30-15)32(28,29)20-11-9-19(10-12-20)22(27)25-23-24-17(3)21(31-23)18-7-5-4-6-8-18/h4-12,15-16H,13-14H2,1-3H3,(H,24,25,27). The number of hydrogen-bond acceptors (Lipinski definition) is 6. The van der Waals surface area contributed by atoms with Gasteiger partial charge in [-0.25, -0.2) is 13.4 Å². The van der Waals surface area contributed by atoms with Crippen molar-refractivity contribution in [3.05, 3.63) is 65.9 Å². The first kappa shape index (κ1) is 22.6. The smallest absolute Gasteiger partial charge is 0.257 e. The first-order valence-electron chi connectivity index (χ1n) is 10.3. The van der Waals surface area contributed by atoms with E-state index in [0.717, 1.165) is 16.1 Å². The molecule has 1 aliphatic heterocycles. The third-order valence-electron chi connectivity index (χ3n) is 5.19. The first-order valence-corrected chi connectivity index (χ1v) is 12.6. The molecule has 1 aliphatic rings. The predicted octanol–water partition coefficient (Wildman–Crippen LogP) is 4.17. The van der Waals surface area contributed by atoms with Crippen LogP contribution in [0.3, 0.4) is 0 Å². The Hall–Kier alpha value is -2.59. The summed E-state index contributed by atoms with van der Waals surface area (Å²) in [5.74, 6) is -0.337. The first-order chi connectivity index (χ1) is 15.2. The number of morpholine rings is 1. The van der Waals surface area contributed by atoms with E-state index in [1.165, 1.54) is 39.9 Å². The monoisotopic (exact) mass is 471 g/mol. The van der Waals surface area contributed by atoms with E-state index < -0.39 is 10.0 Å². The maximum atomic E-state index is 13.0. The molecule has 1 N–H and O–H groups in total. The van der Waals surface area contributed by atoms with Gasteiger partial charge in [0.15, 0.2) is 5.13 Å². The van der Waals surface area contributed by atoms with E-state index in [2.05, 4.69) is 10.3 Å². The van der Waals surface area contributed by atoms with E-state index in [-0.39, 0.29) is 23.0 Å². The van der Waals surface area contributed by atoms with Gasteiger partial charge in [0, 0.05) is 18.7 Å². The molecule has 1 amide bonds. The third-order valence-corrected chi connectivity index (χ3v) is 8.16. The number of nitrogens with one attached hydrogen (secondary N) is 1. The summed E-state index contributed by atoms with van der Waals surface area (Å²) in [6.07, 6.45) is -0.331. The molecule has 3 aromatic rings. The average molecular weight is 472 g/mol. The normalized spacial score (nSPS) is 19.6. The zero-order valence-corrected chi connectivity index (χ0v) is 19.7. The van der Waals surface area contributed by atoms with Crippen molar-refractivity contribution in [2.45, 2.75) is 37.9 Å². The van der Waals surface area contributed by atoms with Gasteiger partial charge in [-0.2, -0.15) is 4.31 Å². The fourth-order valence-corrected chi connectivity index (χ4v) is 6.29. The van der Waals surface area contributed by atoms with Gasteiger partial charge in [-0.3, -0.25) is 10.1 Å². The molecule has 0 radical (unpaired) electrons. The van der Waals surface area contributed by atoms with E-state index >= 15 is 0 Å². The highest BCUT2D eigenvalue weighted by molar-refractivity contribution is 7.89. The van der Waals surface area contributed by atoms with Crippen LogP contribution in [0.25, 0.3) is 10.4 Å². The Morgan fingerprint density at radius 3 is 2.31 bits per heavy atom. The number of rotatable bonds is 5. The maximum Gasteiger partial charge on any atom is 0.257 e. The number of carbonyl (C=O) groups is 1. The van der Waals surface area contributed by atoms with Crippen LogP contribution < -0.4 is 5.32 Å². The Labute approximate surface area is 192 Å². The predicted molar refractivity (Wildman–Crippen MR) is 125 cm³/mol. The molecule has 2 unspecified atom stereocenters. The van der Waals surface area contributed by atoms with Crippen molar-refractivity contribution in [1.29, 1.82) is 0 Å². The molecule has 0 aliphatic carbocycles. The number of hydrogen-bond donors (Lipinski definition) is 1. The second kappa shape index (κ2) is 9.11. The van der Waals surface area contributed by atoms with Crippen LogP contribution >= 0.6 is 11.3 Å². The second-order valence-electron chi connectivity index (χ2n) is 7.86. The largest absolute Gasteiger partial charge is 0.373 e. The minimum absolute atomic E-state index is 0.159. The van der Waals surface area contributed by atoms with Crippen LogP contribution in [0.1, 0.15) is 29.9 Å². The molecule has 0 spiro atoms. The van der Waals surface area contributed by atoms with Gasteiger partial charge in [-0.15, -0.1) is 0 Å². The average Bonchev–Trinajstić information content (AvgIpc) is 3.13. The van der Waals surface area contributed by atoms with Gasteiger partial charge in [-0.05, 0) is 50.6 Å². The highest BCUT2D eigenvalue weighted by atomic mass is 32.2. The summed E-state index contributed by atoms with van der Waals surface area (Å²) in [4.78, 5) is 18.3. The molecule has 1 fully saturated rings. The molecule has 4 rings (SSSR count). The molecule has 2 aromatic carbocycles. The molecular formula is C23H25N3O4S2. The zero-order chi connectivity index (χ0) is 22.9. The highest BCUT2D eigenvalue weighted by Crippen LogP contribution is 2.32. The second-order valence-corrected chi connectivity index (χ2v) is 10.8. The fraction of sp³-hybridized carbons (Fsp3) is 0.304. The number of nitrogens with zero attached hydrogens (tertiary/aromatic N) is 2. The summed E-state index contributed by atoms with van der Waals surface area (Å²) in [6.45, 7) is 6.23. The lowest BCUT2D eigenvalue weighted by molar-refractivity contribution is -0.0440. The Bertz CT molecular complexity index is 1200. The summed E-state index contributed by atoms with van der Waals surface area (Å²) in [5, 5.41) is 3.31. The molecule has 1 aromatic heterocycles. The van der Waals surface area contributed by atoms with Crippen molar-refractivity contribution in [2.75, 3.05) is 18.4 Å². The number of aromatic nitrogens is 1. The quantitative estimate of drug-likeness (QED) is 0.603. The van der Waals surface area contributed by atoms with Gasteiger partial charge >= 0.3 is 0 Å². The van der Waals surface area contributed by atoms with Crippen molar-refractivity contribution in [3.8, 4) is 10.4 Å². The van der Waals surface area contributed by atoms with Crippen LogP contribution in [0.4, 0.5) is 5.13 Å². The minimum atomic E-state index is -3.65. The maximum absolute atomic E-state index is 13.0. The molecule has 1 saturated heterocycles. The van der Waals surface area contributed by atoms with Gasteiger partial charge in [0.2, 0.25) is 10.0 Å². The van der Waals surface area contributed by atoms with Crippen molar-refractivity contribution in [2.24, 2.45) is 0 Å². The zero-order valence-electron chi connectivity index (χ0n) is 18.1. The van der Waals surface area contributed by atoms with E-state index in [1.807, 2.05) is 51.1 Å². The number of aryl methyl sites for hydroxylation is 1. The number of thiazole rings is 1. The number of carbonyl (C=O) groups excluding carboxylic acids is 1. The van der Waals surface area contributed by atoms with Crippen LogP contribution in [-0.2, 0) is 14.8 Å². The highest BCUT2D eigenvalue weighted by Gasteiger charge is 2.32. The van der Waals surface area contributed by atoms with E-state index in [4.69, 9.17) is 4.74 Å². The Morgan fingerprint density at radius 1 is 1.06 bits per heavy atom. The topological polar surface area (TPSA) is 88.6 Å². The summed E-state index contributed by atoms with van der Waals surface area (Å²) in [5.41, 5.74) is 2.25.